The maximum Gasteiger partial charge on any atom is 0.161 e. The van der Waals surface area contributed by atoms with Crippen molar-refractivity contribution < 1.29 is 17.9 Å². The van der Waals surface area contributed by atoms with E-state index in [2.05, 4.69) is 4.98 Å². The molecule has 1 aromatic carbocycles. The second kappa shape index (κ2) is 8.04. The Labute approximate surface area is 153 Å². The molecule has 0 aliphatic carbocycles. The van der Waals surface area contributed by atoms with Crippen molar-refractivity contribution in [2.45, 2.75) is 7.43 Å². The highest BCUT2D eigenvalue weighted by atomic mass is 32.3. The van der Waals surface area contributed by atoms with Crippen LogP contribution in [0.5, 0.6) is 0 Å². The van der Waals surface area contributed by atoms with Crippen LogP contribution in [0.25, 0.3) is 16.6 Å². The van der Waals surface area contributed by atoms with Crippen molar-refractivity contribution in [1.82, 2.24) is 13.9 Å². The zero-order valence-corrected chi connectivity index (χ0v) is 14.9. The van der Waals surface area contributed by atoms with Crippen LogP contribution in [-0.2, 0) is 7.05 Å². The first-order valence-electron chi connectivity index (χ1n) is 7.19. The van der Waals surface area contributed by atoms with Crippen LogP contribution in [0.2, 0.25) is 0 Å². The van der Waals surface area contributed by atoms with Crippen LogP contribution in [0.4, 0.5) is 8.78 Å². The summed E-state index contributed by atoms with van der Waals surface area (Å²) in [5.41, 5.74) is 13.0. The van der Waals surface area contributed by atoms with E-state index >= 15 is 0 Å². The molecule has 0 unspecified atom stereocenters. The van der Waals surface area contributed by atoms with E-state index in [1.165, 1.54) is 29.9 Å². The number of halogens is 2. The van der Waals surface area contributed by atoms with Gasteiger partial charge in [-0.2, -0.15) is 0 Å². The molecule has 0 aliphatic rings. The summed E-state index contributed by atoms with van der Waals surface area (Å²) in [5.74, 6) is -1.58. The molecule has 0 atom stereocenters. The van der Waals surface area contributed by atoms with Crippen LogP contribution in [0.15, 0.2) is 30.1 Å². The van der Waals surface area contributed by atoms with Crippen LogP contribution in [0.1, 0.15) is 13.3 Å². The summed E-state index contributed by atoms with van der Waals surface area (Å²) in [7, 11) is 0.274. The SMILES string of the molecule is C.CN(C/C(N)=C/C(=C\N)c1nc2cc(F)c(F)cc2n1C)S(C)(O)O. The number of allylic oxidation sites excluding steroid dienone is 2. The molecule has 146 valence electrons. The summed E-state index contributed by atoms with van der Waals surface area (Å²) in [6.07, 6.45) is 4.08. The van der Waals surface area contributed by atoms with Gasteiger partial charge in [0.2, 0.25) is 0 Å². The Morgan fingerprint density at radius 1 is 1.35 bits per heavy atom. The van der Waals surface area contributed by atoms with Crippen molar-refractivity contribution in [1.29, 1.82) is 0 Å². The van der Waals surface area contributed by atoms with Gasteiger partial charge in [0.05, 0.1) is 17.6 Å². The van der Waals surface area contributed by atoms with Gasteiger partial charge in [0, 0.05) is 50.0 Å². The number of aromatic nitrogens is 2. The van der Waals surface area contributed by atoms with Gasteiger partial charge in [-0.05, 0) is 6.08 Å². The number of nitrogens with two attached hydrogens (primary N) is 2. The first-order valence-corrected chi connectivity index (χ1v) is 9.10. The molecular formula is C16H25F2N5O2S. The minimum Gasteiger partial charge on any atom is -0.404 e. The van der Waals surface area contributed by atoms with Crippen molar-refractivity contribution >= 4 is 27.4 Å². The van der Waals surface area contributed by atoms with E-state index in [4.69, 9.17) is 11.5 Å². The standard InChI is InChI=1S/C15H21F2N5O2S.CH4/c1-21(25(3,23)24)8-10(19)4-9(7-18)15-20-13-5-11(16)12(17)6-14(13)22(15)2;/h4-7,23-24H,8,18-19H2,1-3H3;1H4/b9-7+,10-4-;. The molecule has 0 bridgehead atoms. The lowest BCUT2D eigenvalue weighted by Crippen LogP contribution is -2.27. The average Bonchev–Trinajstić information content (AvgIpc) is 2.81. The van der Waals surface area contributed by atoms with E-state index in [0.29, 0.717) is 22.6 Å². The van der Waals surface area contributed by atoms with Gasteiger partial charge in [0.1, 0.15) is 5.82 Å². The lowest BCUT2D eigenvalue weighted by Gasteiger charge is -2.36. The van der Waals surface area contributed by atoms with Crippen molar-refractivity contribution in [2.75, 3.05) is 19.8 Å². The van der Waals surface area contributed by atoms with Gasteiger partial charge in [0.15, 0.2) is 11.6 Å². The molecule has 1 heterocycles. The number of benzene rings is 1. The van der Waals surface area contributed by atoms with Crippen LogP contribution >= 0.6 is 10.8 Å². The number of nitrogens with zero attached hydrogens (tertiary/aromatic N) is 3. The number of hydrogen-bond acceptors (Lipinski definition) is 6. The fourth-order valence-electron chi connectivity index (χ4n) is 2.26. The second-order valence-corrected chi connectivity index (χ2v) is 7.88. The number of hydrogen-bond donors (Lipinski definition) is 4. The van der Waals surface area contributed by atoms with Gasteiger partial charge in [-0.1, -0.05) is 7.43 Å². The van der Waals surface area contributed by atoms with E-state index in [-0.39, 0.29) is 19.5 Å². The Morgan fingerprint density at radius 2 is 1.92 bits per heavy atom. The highest BCUT2D eigenvalue weighted by molar-refractivity contribution is 8.21. The van der Waals surface area contributed by atoms with Crippen molar-refractivity contribution in [3.63, 3.8) is 0 Å². The number of rotatable bonds is 5. The third-order valence-electron chi connectivity index (χ3n) is 3.70. The first kappa shape index (κ1) is 21.9. The number of aryl methyl sites for hydroxylation is 1. The summed E-state index contributed by atoms with van der Waals surface area (Å²) >= 11 is 0. The highest BCUT2D eigenvalue weighted by Gasteiger charge is 2.16. The number of imidazole rings is 1. The minimum absolute atomic E-state index is 0. The lowest BCUT2D eigenvalue weighted by atomic mass is 10.2. The molecule has 0 saturated carbocycles. The molecule has 0 amide bonds. The smallest absolute Gasteiger partial charge is 0.161 e. The molecule has 6 N–H and O–H groups in total. The van der Waals surface area contributed by atoms with Crippen molar-refractivity contribution in [2.24, 2.45) is 18.5 Å². The second-order valence-electron chi connectivity index (χ2n) is 5.67. The summed E-state index contributed by atoms with van der Waals surface area (Å²) in [5, 5.41) is 0. The van der Waals surface area contributed by atoms with Gasteiger partial charge in [-0.25, -0.2) is 18.1 Å². The summed E-state index contributed by atoms with van der Waals surface area (Å²) in [6, 6.07) is 2.07. The third kappa shape index (κ3) is 4.52. The van der Waals surface area contributed by atoms with E-state index in [0.717, 1.165) is 12.1 Å². The molecule has 0 spiro atoms. The van der Waals surface area contributed by atoms with Crippen LogP contribution in [-0.4, -0.2) is 42.8 Å². The fourth-order valence-corrected chi connectivity index (χ4v) is 2.65. The summed E-state index contributed by atoms with van der Waals surface area (Å²) < 4.78 is 48.9. The average molecular weight is 389 g/mol. The maximum absolute atomic E-state index is 13.4. The van der Waals surface area contributed by atoms with Gasteiger partial charge in [-0.15, -0.1) is 10.8 Å². The van der Waals surface area contributed by atoms with Gasteiger partial charge in [0.25, 0.3) is 0 Å². The molecule has 7 nitrogen and oxygen atoms in total. The highest BCUT2D eigenvalue weighted by Crippen LogP contribution is 2.37. The predicted octanol–water partition coefficient (Wildman–Crippen LogP) is 2.86. The molecule has 0 fully saturated rings. The molecule has 0 saturated heterocycles. The van der Waals surface area contributed by atoms with Crippen LogP contribution in [0.3, 0.4) is 0 Å². The Kier molecular flexibility index (Phi) is 6.77. The molecule has 0 radical (unpaired) electrons. The summed E-state index contributed by atoms with van der Waals surface area (Å²) in [6.45, 7) is 0.0867. The topological polar surface area (TPSA) is 114 Å². The normalized spacial score (nSPS) is 14.0. The number of likely N-dealkylation sites (N-methyl/N-ethyl adjacent to an activating group) is 1. The first-order chi connectivity index (χ1) is 11.5. The molecule has 2 rings (SSSR count). The van der Waals surface area contributed by atoms with Crippen LogP contribution < -0.4 is 11.5 Å². The van der Waals surface area contributed by atoms with Crippen LogP contribution in [0, 0.1) is 11.6 Å². The largest absolute Gasteiger partial charge is 0.404 e. The van der Waals surface area contributed by atoms with E-state index in [1.54, 1.807) is 11.6 Å². The molecule has 10 heteroatoms. The monoisotopic (exact) mass is 389 g/mol. The zero-order valence-electron chi connectivity index (χ0n) is 14.1. The van der Waals surface area contributed by atoms with E-state index < -0.39 is 22.4 Å². The van der Waals surface area contributed by atoms with Crippen molar-refractivity contribution in [3.8, 4) is 0 Å². The van der Waals surface area contributed by atoms with Gasteiger partial charge < -0.3 is 16.0 Å². The van der Waals surface area contributed by atoms with Crippen molar-refractivity contribution in [3.05, 3.63) is 47.6 Å². The van der Waals surface area contributed by atoms with Gasteiger partial charge in [-0.3, -0.25) is 9.11 Å². The van der Waals surface area contributed by atoms with E-state index in [9.17, 15) is 17.9 Å². The molecule has 26 heavy (non-hydrogen) atoms. The minimum atomic E-state index is -2.89. The zero-order chi connectivity index (χ0) is 18.9. The molecule has 2 aromatic rings. The fraction of sp³-hybridized carbons (Fsp3) is 0.312. The predicted molar refractivity (Wildman–Crippen MR) is 103 cm³/mol. The Balaban J connectivity index is 0.00000338. The molecule has 1 aromatic heterocycles. The Bertz CT molecular complexity index is 858. The molecular weight excluding hydrogens is 364 g/mol. The van der Waals surface area contributed by atoms with E-state index in [1.807, 2.05) is 0 Å². The lowest BCUT2D eigenvalue weighted by molar-refractivity contribution is 0.403. The molecule has 0 aliphatic heterocycles. The Hall–Kier alpha value is -2.14. The third-order valence-corrected chi connectivity index (χ3v) is 5.01. The maximum atomic E-state index is 13.4. The summed E-state index contributed by atoms with van der Waals surface area (Å²) in [4.78, 5) is 4.27. The quantitative estimate of drug-likeness (QED) is 0.585. The Morgan fingerprint density at radius 3 is 2.46 bits per heavy atom. The number of fused-ring (bicyclic) bond motifs is 1. The van der Waals surface area contributed by atoms with Gasteiger partial charge >= 0.3 is 0 Å².